The van der Waals surface area contributed by atoms with Crippen molar-refractivity contribution >= 4 is 50.6 Å². The number of fused-ring (bicyclic) bond motifs is 2. The molecule has 4 rings (SSSR count). The molecule has 0 saturated carbocycles. The number of imide groups is 1. The number of alkyl halides is 3. The van der Waals surface area contributed by atoms with Gasteiger partial charge in [-0.25, -0.2) is 4.90 Å². The van der Waals surface area contributed by atoms with E-state index in [-0.39, 0.29) is 18.0 Å². The SMILES string of the molecule is CCCCCCCC(=O)Nc1cccc2ccc(C)c(-c3c(C)ccc4cccc(N(C(=O)CCCCCCC)C(=O)C(F)(F)F)c34)c12. The van der Waals surface area contributed by atoms with Gasteiger partial charge in [-0.2, -0.15) is 13.2 Å². The first-order chi connectivity index (χ1) is 23.0. The largest absolute Gasteiger partial charge is 0.472 e. The fourth-order valence-corrected chi connectivity index (χ4v) is 6.46. The highest BCUT2D eigenvalue weighted by molar-refractivity contribution is 6.24. The molecule has 256 valence electrons. The Morgan fingerprint density at radius 2 is 1.17 bits per heavy atom. The van der Waals surface area contributed by atoms with E-state index in [1.54, 1.807) is 18.2 Å². The van der Waals surface area contributed by atoms with Gasteiger partial charge in [0, 0.05) is 29.3 Å². The molecule has 0 aliphatic rings. The number of unbranched alkanes of at least 4 members (excludes halogenated alkanes) is 8. The molecule has 48 heavy (non-hydrogen) atoms. The van der Waals surface area contributed by atoms with E-state index in [9.17, 15) is 27.6 Å². The lowest BCUT2D eigenvalue weighted by Crippen LogP contribution is -2.45. The Hall–Kier alpha value is -4.20. The first-order valence-electron chi connectivity index (χ1n) is 17.3. The summed E-state index contributed by atoms with van der Waals surface area (Å²) in [5.41, 5.74) is 3.44. The molecule has 0 radical (unpaired) electrons. The van der Waals surface area contributed by atoms with Crippen LogP contribution in [0.25, 0.3) is 32.7 Å². The van der Waals surface area contributed by atoms with Gasteiger partial charge in [0.15, 0.2) is 0 Å². The lowest BCUT2D eigenvalue weighted by molar-refractivity contribution is -0.171. The molecular weight excluding hydrogens is 613 g/mol. The molecule has 0 fully saturated rings. The predicted molar refractivity (Wildman–Crippen MR) is 190 cm³/mol. The summed E-state index contributed by atoms with van der Waals surface area (Å²) in [6.45, 7) is 7.99. The van der Waals surface area contributed by atoms with Gasteiger partial charge in [0.05, 0.1) is 5.69 Å². The van der Waals surface area contributed by atoms with Crippen LogP contribution in [0.15, 0.2) is 60.7 Å². The summed E-state index contributed by atoms with van der Waals surface area (Å²) in [4.78, 5) is 40.1. The van der Waals surface area contributed by atoms with Crippen molar-refractivity contribution in [1.29, 1.82) is 0 Å². The third kappa shape index (κ3) is 8.63. The number of rotatable bonds is 15. The number of nitrogens with zero attached hydrogens (tertiary/aromatic N) is 1. The molecule has 3 amide bonds. The number of amides is 3. The van der Waals surface area contributed by atoms with Crippen LogP contribution in [0.3, 0.4) is 0 Å². The molecule has 0 saturated heterocycles. The number of hydrogen-bond acceptors (Lipinski definition) is 3. The van der Waals surface area contributed by atoms with E-state index in [2.05, 4.69) is 19.2 Å². The van der Waals surface area contributed by atoms with E-state index in [1.165, 1.54) is 6.07 Å². The van der Waals surface area contributed by atoms with Gasteiger partial charge >= 0.3 is 12.1 Å². The third-order valence-electron chi connectivity index (χ3n) is 8.95. The summed E-state index contributed by atoms with van der Waals surface area (Å²) in [5.74, 6) is -3.19. The van der Waals surface area contributed by atoms with Crippen molar-refractivity contribution in [3.63, 3.8) is 0 Å². The van der Waals surface area contributed by atoms with Crippen molar-refractivity contribution in [2.45, 2.75) is 111 Å². The molecule has 0 aromatic heterocycles. The highest BCUT2D eigenvalue weighted by atomic mass is 19.4. The van der Waals surface area contributed by atoms with Gasteiger partial charge < -0.3 is 5.32 Å². The Bertz CT molecular complexity index is 1760. The predicted octanol–water partition coefficient (Wildman–Crippen LogP) is 11.4. The van der Waals surface area contributed by atoms with Crippen LogP contribution in [0.1, 0.15) is 102 Å². The maximum atomic E-state index is 14.1. The van der Waals surface area contributed by atoms with Crippen molar-refractivity contribution in [3.05, 3.63) is 71.8 Å². The zero-order chi connectivity index (χ0) is 34.8. The Balaban J connectivity index is 1.90. The van der Waals surface area contributed by atoms with E-state index >= 15 is 0 Å². The van der Waals surface area contributed by atoms with Crippen LogP contribution < -0.4 is 10.2 Å². The monoisotopic (exact) mass is 660 g/mol. The molecule has 8 heteroatoms. The number of halogens is 3. The Morgan fingerprint density at radius 3 is 1.75 bits per heavy atom. The van der Waals surface area contributed by atoms with Crippen molar-refractivity contribution in [1.82, 2.24) is 0 Å². The maximum absolute atomic E-state index is 14.1. The molecule has 0 heterocycles. The molecular formula is C40H47F3N2O3. The smallest absolute Gasteiger partial charge is 0.325 e. The third-order valence-corrected chi connectivity index (χ3v) is 8.95. The van der Waals surface area contributed by atoms with Crippen LogP contribution >= 0.6 is 0 Å². The number of carbonyl (C=O) groups is 3. The maximum Gasteiger partial charge on any atom is 0.472 e. The van der Waals surface area contributed by atoms with Crippen molar-refractivity contribution in [2.75, 3.05) is 10.2 Å². The molecule has 0 aliphatic carbocycles. The minimum absolute atomic E-state index is 0.0999. The standard InChI is InChI=1S/C40H47F3N2O3/c1-5-7-9-11-13-21-33(46)44-31-19-15-17-29-25-23-27(3)35(37(29)31)36-28(4)24-26-30-18-16-20-32(38(30)36)45(39(48)40(41,42)43)34(47)22-14-12-10-8-6-2/h15-20,23-26H,5-14,21-22H2,1-4H3,(H,44,46). The van der Waals surface area contributed by atoms with Crippen LogP contribution in [0.4, 0.5) is 24.5 Å². The van der Waals surface area contributed by atoms with Crippen LogP contribution in [0, 0.1) is 13.8 Å². The quantitative estimate of drug-likeness (QED) is 0.129. The average Bonchev–Trinajstić information content (AvgIpc) is 3.05. The zero-order valence-corrected chi connectivity index (χ0v) is 28.6. The Labute approximate surface area is 281 Å². The number of anilines is 2. The molecule has 0 spiro atoms. The van der Waals surface area contributed by atoms with Gasteiger partial charge in [0.2, 0.25) is 11.8 Å². The number of benzene rings is 4. The number of aryl methyl sites for hydroxylation is 2. The van der Waals surface area contributed by atoms with Crippen LogP contribution in [-0.4, -0.2) is 23.9 Å². The molecule has 4 aromatic carbocycles. The van der Waals surface area contributed by atoms with Crippen molar-refractivity contribution in [3.8, 4) is 11.1 Å². The molecule has 0 unspecified atom stereocenters. The summed E-state index contributed by atoms with van der Waals surface area (Å²) >= 11 is 0. The van der Waals surface area contributed by atoms with Crippen LogP contribution in [0.2, 0.25) is 0 Å². The first-order valence-corrected chi connectivity index (χ1v) is 17.3. The Kier molecular flexibility index (Phi) is 12.8. The van der Waals surface area contributed by atoms with E-state index in [4.69, 9.17) is 0 Å². The topological polar surface area (TPSA) is 66.5 Å². The van der Waals surface area contributed by atoms with E-state index < -0.39 is 18.0 Å². The molecule has 1 N–H and O–H groups in total. The summed E-state index contributed by atoms with van der Waals surface area (Å²) in [7, 11) is 0. The van der Waals surface area contributed by atoms with Crippen molar-refractivity contribution in [2.24, 2.45) is 0 Å². The van der Waals surface area contributed by atoms with Gasteiger partial charge in [0.1, 0.15) is 0 Å². The highest BCUT2D eigenvalue weighted by Gasteiger charge is 2.46. The van der Waals surface area contributed by atoms with E-state index in [0.29, 0.717) is 46.2 Å². The van der Waals surface area contributed by atoms with E-state index in [1.807, 2.05) is 50.2 Å². The molecule has 0 aliphatic heterocycles. The van der Waals surface area contributed by atoms with Crippen LogP contribution in [-0.2, 0) is 14.4 Å². The van der Waals surface area contributed by atoms with Gasteiger partial charge in [-0.15, -0.1) is 0 Å². The number of carbonyl (C=O) groups excluding carboxylic acids is 3. The lowest BCUT2D eigenvalue weighted by Gasteiger charge is -2.26. The second kappa shape index (κ2) is 16.8. The number of hydrogen-bond donors (Lipinski definition) is 1. The summed E-state index contributed by atoms with van der Waals surface area (Å²) in [6.07, 6.45) is 3.95. The molecule has 0 bridgehead atoms. The Morgan fingerprint density at radius 1 is 0.646 bits per heavy atom. The molecule has 0 atom stereocenters. The van der Waals surface area contributed by atoms with Gasteiger partial charge in [-0.05, 0) is 71.8 Å². The summed E-state index contributed by atoms with van der Waals surface area (Å²) in [5, 5.41) is 5.67. The fraction of sp³-hybridized carbons (Fsp3) is 0.425. The lowest BCUT2D eigenvalue weighted by atomic mass is 9.86. The van der Waals surface area contributed by atoms with Gasteiger partial charge in [-0.1, -0.05) is 114 Å². The normalized spacial score (nSPS) is 11.6. The second-order valence-electron chi connectivity index (χ2n) is 12.7. The minimum atomic E-state index is -5.26. The highest BCUT2D eigenvalue weighted by Crippen LogP contribution is 2.45. The zero-order valence-electron chi connectivity index (χ0n) is 28.6. The van der Waals surface area contributed by atoms with Crippen LogP contribution in [0.5, 0.6) is 0 Å². The average molecular weight is 661 g/mol. The van der Waals surface area contributed by atoms with Gasteiger partial charge in [-0.3, -0.25) is 14.4 Å². The fourth-order valence-electron chi connectivity index (χ4n) is 6.46. The summed E-state index contributed by atoms with van der Waals surface area (Å²) in [6, 6.07) is 18.0. The van der Waals surface area contributed by atoms with Crippen molar-refractivity contribution < 1.29 is 27.6 Å². The van der Waals surface area contributed by atoms with Gasteiger partial charge in [0.25, 0.3) is 0 Å². The molecule has 4 aromatic rings. The van der Waals surface area contributed by atoms with E-state index in [0.717, 1.165) is 78.8 Å². The molecule has 5 nitrogen and oxygen atoms in total. The summed E-state index contributed by atoms with van der Waals surface area (Å²) < 4.78 is 42.4. The number of nitrogens with one attached hydrogen (secondary N) is 1. The first kappa shape index (κ1) is 36.6. The second-order valence-corrected chi connectivity index (χ2v) is 12.7. The minimum Gasteiger partial charge on any atom is -0.325 e.